The third-order valence-corrected chi connectivity index (χ3v) is 10.4. The van der Waals surface area contributed by atoms with Crippen LogP contribution in [0.15, 0.2) is 30.4 Å². The van der Waals surface area contributed by atoms with Gasteiger partial charge in [0, 0.05) is 30.9 Å². The molecule has 4 aliphatic heterocycles. The summed E-state index contributed by atoms with van der Waals surface area (Å²) in [6, 6.07) is 4.62. The van der Waals surface area contributed by atoms with Crippen LogP contribution in [-0.4, -0.2) is 77.0 Å². The fourth-order valence-electron chi connectivity index (χ4n) is 7.56. The lowest BCUT2D eigenvalue weighted by molar-refractivity contribution is -0.141. The van der Waals surface area contributed by atoms with Crippen LogP contribution in [0, 0.1) is 11.8 Å². The quantitative estimate of drug-likeness (QED) is 0.460. The van der Waals surface area contributed by atoms with Gasteiger partial charge in [-0.2, -0.15) is 0 Å². The highest BCUT2D eigenvalue weighted by Crippen LogP contribution is 2.55. The van der Waals surface area contributed by atoms with Crippen molar-refractivity contribution in [2.75, 3.05) is 25.0 Å². The minimum Gasteiger partial charge on any atom is -0.359 e. The summed E-state index contributed by atoms with van der Waals surface area (Å²) in [5.41, 5.74) is -0.665. The van der Waals surface area contributed by atoms with Gasteiger partial charge in [0.25, 0.3) is 0 Å². The average Bonchev–Trinajstić information content (AvgIpc) is 3.58. The lowest BCUT2D eigenvalue weighted by Gasteiger charge is -2.37. The minimum atomic E-state index is -1.16. The van der Waals surface area contributed by atoms with Gasteiger partial charge in [-0.3, -0.25) is 19.3 Å². The first-order chi connectivity index (χ1) is 19.3. The molecule has 8 nitrogen and oxygen atoms in total. The molecule has 1 aromatic rings. The van der Waals surface area contributed by atoms with Gasteiger partial charge in [-0.15, -0.1) is 0 Å². The zero-order valence-corrected chi connectivity index (χ0v) is 24.4. The van der Waals surface area contributed by atoms with Crippen LogP contribution in [0.25, 0.3) is 0 Å². The molecule has 216 valence electrons. The molecule has 1 saturated carbocycles. The number of benzene rings is 1. The SMILES string of the molecule is C[C@@H]1CCCCN1CCN1C(=O)[C@@H]2[C@H](C(=O)Nc3ccc(Cl)c(Cl)c3)[C@@H]3C=C[C@@]2(O3)[C@H]1C(=O)NC1CCCCC1. The molecule has 2 bridgehead atoms. The molecular weight excluding hydrogens is 551 g/mol. The Morgan fingerprint density at radius 1 is 1.02 bits per heavy atom. The summed E-state index contributed by atoms with van der Waals surface area (Å²) in [4.78, 5) is 45.9. The maximum absolute atomic E-state index is 14.2. The van der Waals surface area contributed by atoms with E-state index in [4.69, 9.17) is 27.9 Å². The van der Waals surface area contributed by atoms with E-state index in [1.54, 1.807) is 23.1 Å². The van der Waals surface area contributed by atoms with Gasteiger partial charge < -0.3 is 20.3 Å². The number of nitrogens with zero attached hydrogens (tertiary/aromatic N) is 2. The standard InChI is InChI=1S/C30H38Cl2N4O4/c1-18-7-5-6-14-35(18)15-16-36-26(28(38)33-19-8-3-2-4-9-19)30-13-12-23(40-30)24(25(30)29(36)39)27(37)34-20-10-11-21(31)22(32)17-20/h10-13,17-19,23-26H,2-9,14-16H2,1H3,(H,33,38)(H,34,37)/t18-,23+,24-,25+,26-,30+/m1/s1. The molecule has 5 aliphatic rings. The van der Waals surface area contributed by atoms with Crippen LogP contribution in [0.2, 0.25) is 10.0 Å². The number of hydrogen-bond donors (Lipinski definition) is 2. The molecule has 4 heterocycles. The Bertz CT molecular complexity index is 1200. The summed E-state index contributed by atoms with van der Waals surface area (Å²) in [6.45, 7) is 4.33. The predicted octanol–water partition coefficient (Wildman–Crippen LogP) is 4.41. The van der Waals surface area contributed by atoms with Crippen molar-refractivity contribution in [1.82, 2.24) is 15.1 Å². The highest BCUT2D eigenvalue weighted by atomic mass is 35.5. The zero-order chi connectivity index (χ0) is 28.0. The number of halogens is 2. The van der Waals surface area contributed by atoms with E-state index < -0.39 is 29.6 Å². The molecule has 40 heavy (non-hydrogen) atoms. The first-order valence-corrected chi connectivity index (χ1v) is 15.5. The molecule has 1 aliphatic carbocycles. The Morgan fingerprint density at radius 2 is 1.80 bits per heavy atom. The predicted molar refractivity (Wildman–Crippen MR) is 154 cm³/mol. The maximum atomic E-state index is 14.2. The number of hydrogen-bond acceptors (Lipinski definition) is 5. The molecule has 10 heteroatoms. The van der Waals surface area contributed by atoms with Crippen molar-refractivity contribution < 1.29 is 19.1 Å². The summed E-state index contributed by atoms with van der Waals surface area (Å²) in [6.07, 6.45) is 11.9. The molecule has 6 atom stereocenters. The average molecular weight is 590 g/mol. The zero-order valence-electron chi connectivity index (χ0n) is 22.9. The van der Waals surface area contributed by atoms with Crippen molar-refractivity contribution in [2.24, 2.45) is 11.8 Å². The summed E-state index contributed by atoms with van der Waals surface area (Å²) < 4.78 is 6.48. The lowest BCUT2D eigenvalue weighted by Crippen LogP contribution is -2.57. The van der Waals surface area contributed by atoms with E-state index in [0.29, 0.717) is 34.9 Å². The highest BCUT2D eigenvalue weighted by Gasteiger charge is 2.72. The third kappa shape index (κ3) is 4.95. The molecule has 4 fully saturated rings. The van der Waals surface area contributed by atoms with Gasteiger partial charge in [-0.05, 0) is 57.4 Å². The monoisotopic (exact) mass is 588 g/mol. The molecule has 0 radical (unpaired) electrons. The van der Waals surface area contributed by atoms with Gasteiger partial charge in [0.1, 0.15) is 11.6 Å². The fourth-order valence-corrected chi connectivity index (χ4v) is 7.86. The third-order valence-electron chi connectivity index (χ3n) is 9.63. The van der Waals surface area contributed by atoms with Gasteiger partial charge in [-0.1, -0.05) is 61.0 Å². The Morgan fingerprint density at radius 3 is 2.55 bits per heavy atom. The molecule has 3 saturated heterocycles. The smallest absolute Gasteiger partial charge is 0.246 e. The number of fused-ring (bicyclic) bond motifs is 1. The number of amides is 3. The van der Waals surface area contributed by atoms with Crippen LogP contribution in [0.5, 0.6) is 0 Å². The topological polar surface area (TPSA) is 91.0 Å². The molecule has 2 N–H and O–H groups in total. The van der Waals surface area contributed by atoms with Crippen LogP contribution < -0.4 is 10.6 Å². The second kappa shape index (κ2) is 11.3. The molecule has 1 spiro atoms. The lowest BCUT2D eigenvalue weighted by atomic mass is 9.74. The number of piperidine rings is 1. The van der Waals surface area contributed by atoms with E-state index in [1.807, 2.05) is 12.2 Å². The van der Waals surface area contributed by atoms with Gasteiger partial charge >= 0.3 is 0 Å². The van der Waals surface area contributed by atoms with E-state index in [2.05, 4.69) is 22.5 Å². The fraction of sp³-hybridized carbons (Fsp3) is 0.633. The first-order valence-electron chi connectivity index (χ1n) is 14.8. The summed E-state index contributed by atoms with van der Waals surface area (Å²) in [7, 11) is 0. The van der Waals surface area contributed by atoms with Crippen molar-refractivity contribution in [3.8, 4) is 0 Å². The van der Waals surface area contributed by atoms with E-state index in [1.165, 1.54) is 12.8 Å². The van der Waals surface area contributed by atoms with Gasteiger partial charge in [-0.25, -0.2) is 0 Å². The van der Waals surface area contributed by atoms with E-state index >= 15 is 0 Å². The second-order valence-corrected chi connectivity index (χ2v) is 12.9. The largest absolute Gasteiger partial charge is 0.359 e. The Labute approximate surface area is 245 Å². The van der Waals surface area contributed by atoms with Gasteiger partial charge in [0.15, 0.2) is 0 Å². The van der Waals surface area contributed by atoms with Crippen LogP contribution in [0.4, 0.5) is 5.69 Å². The Kier molecular flexibility index (Phi) is 7.89. The van der Waals surface area contributed by atoms with Gasteiger partial charge in [0.2, 0.25) is 17.7 Å². The molecule has 3 amide bonds. The van der Waals surface area contributed by atoms with Gasteiger partial charge in [0.05, 0.1) is 28.0 Å². The van der Waals surface area contributed by atoms with Crippen LogP contribution in [0.3, 0.4) is 0 Å². The number of ether oxygens (including phenoxy) is 1. The summed E-state index contributed by atoms with van der Waals surface area (Å²) >= 11 is 12.2. The first kappa shape index (κ1) is 28.0. The molecule has 0 unspecified atom stereocenters. The van der Waals surface area contributed by atoms with E-state index in [9.17, 15) is 14.4 Å². The summed E-state index contributed by atoms with van der Waals surface area (Å²) in [5.74, 6) is -2.22. The Hall–Kier alpha value is -2.13. The van der Waals surface area contributed by atoms with Crippen molar-refractivity contribution in [1.29, 1.82) is 0 Å². The van der Waals surface area contributed by atoms with E-state index in [-0.39, 0.29) is 23.8 Å². The Balaban J connectivity index is 1.27. The number of carbonyl (C=O) groups is 3. The van der Waals surface area contributed by atoms with E-state index in [0.717, 1.165) is 45.1 Å². The minimum absolute atomic E-state index is 0.104. The number of anilines is 1. The highest BCUT2D eigenvalue weighted by molar-refractivity contribution is 6.42. The van der Waals surface area contributed by atoms with Crippen LogP contribution in [-0.2, 0) is 19.1 Å². The van der Waals surface area contributed by atoms with Crippen LogP contribution >= 0.6 is 23.2 Å². The number of rotatable bonds is 7. The molecule has 0 aromatic heterocycles. The maximum Gasteiger partial charge on any atom is 0.246 e. The van der Waals surface area contributed by atoms with Crippen molar-refractivity contribution in [3.63, 3.8) is 0 Å². The second-order valence-electron chi connectivity index (χ2n) is 12.1. The van der Waals surface area contributed by atoms with Crippen molar-refractivity contribution >= 4 is 46.6 Å². The molecular formula is C30H38Cl2N4O4. The van der Waals surface area contributed by atoms with Crippen LogP contribution in [0.1, 0.15) is 58.3 Å². The number of likely N-dealkylation sites (tertiary alicyclic amines) is 2. The molecule has 1 aromatic carbocycles. The number of carbonyl (C=O) groups excluding carboxylic acids is 3. The summed E-state index contributed by atoms with van der Waals surface area (Å²) in [5, 5.41) is 6.88. The number of nitrogens with one attached hydrogen (secondary N) is 2. The molecule has 6 rings (SSSR count). The van der Waals surface area contributed by atoms with Crippen molar-refractivity contribution in [3.05, 3.63) is 40.4 Å². The van der Waals surface area contributed by atoms with Crippen molar-refractivity contribution in [2.45, 2.75) is 88.1 Å². The normalized spacial score (nSPS) is 33.8.